The number of allylic oxidation sites excluding steroid dienone is 4. The normalized spacial score (nSPS) is 22.4. The molecule has 2 aliphatic carbocycles. The van der Waals surface area contributed by atoms with Crippen LogP contribution in [0, 0.1) is 5.92 Å². The molecular formula is C13H8O2. The van der Waals surface area contributed by atoms with Crippen LogP contribution in [0.2, 0.25) is 0 Å². The van der Waals surface area contributed by atoms with E-state index in [1.807, 2.05) is 24.3 Å². The van der Waals surface area contributed by atoms with Crippen LogP contribution < -0.4 is 0 Å². The molecule has 0 heterocycles. The zero-order valence-electron chi connectivity index (χ0n) is 7.94. The molecule has 0 radical (unpaired) electrons. The second-order valence-corrected chi connectivity index (χ2v) is 3.73. The number of rotatable bonds is 0. The average Bonchev–Trinajstić information content (AvgIpc) is 2.55. The average molecular weight is 196 g/mol. The molecule has 0 fully saturated rings. The summed E-state index contributed by atoms with van der Waals surface area (Å²) in [5.41, 5.74) is 2.43. The fraction of sp³-hybridized carbons (Fsp3) is 0.0769. The Bertz CT molecular complexity index is 535. The van der Waals surface area contributed by atoms with Gasteiger partial charge in [-0.3, -0.25) is 9.59 Å². The fourth-order valence-corrected chi connectivity index (χ4v) is 2.21. The van der Waals surface area contributed by atoms with Crippen molar-refractivity contribution in [2.24, 2.45) is 5.92 Å². The Morgan fingerprint density at radius 2 is 1.73 bits per heavy atom. The minimum Gasteiger partial charge on any atom is -0.294 e. The highest BCUT2D eigenvalue weighted by molar-refractivity contribution is 6.27. The minimum absolute atomic E-state index is 0.0637. The van der Waals surface area contributed by atoms with Gasteiger partial charge in [-0.15, -0.1) is 0 Å². The Kier molecular flexibility index (Phi) is 1.54. The van der Waals surface area contributed by atoms with E-state index in [2.05, 4.69) is 0 Å². The van der Waals surface area contributed by atoms with Crippen LogP contribution in [-0.4, -0.2) is 11.6 Å². The van der Waals surface area contributed by atoms with E-state index in [0.717, 1.165) is 11.1 Å². The third kappa shape index (κ3) is 0.988. The zero-order chi connectivity index (χ0) is 10.4. The van der Waals surface area contributed by atoms with Gasteiger partial charge in [-0.05, 0) is 17.2 Å². The summed E-state index contributed by atoms with van der Waals surface area (Å²) >= 11 is 0. The quantitative estimate of drug-likeness (QED) is 0.595. The van der Waals surface area contributed by atoms with E-state index in [-0.39, 0.29) is 11.6 Å². The third-order valence-corrected chi connectivity index (χ3v) is 2.90. The zero-order valence-corrected chi connectivity index (χ0v) is 7.94. The molecular weight excluding hydrogens is 188 g/mol. The Hall–Kier alpha value is -1.96. The van der Waals surface area contributed by atoms with Crippen molar-refractivity contribution in [1.29, 1.82) is 0 Å². The van der Waals surface area contributed by atoms with Gasteiger partial charge in [-0.25, -0.2) is 0 Å². The van der Waals surface area contributed by atoms with Crippen molar-refractivity contribution >= 4 is 17.1 Å². The van der Waals surface area contributed by atoms with Gasteiger partial charge >= 0.3 is 0 Å². The van der Waals surface area contributed by atoms with Crippen molar-refractivity contribution in [3.05, 3.63) is 53.6 Å². The molecule has 0 N–H and O–H groups in total. The highest BCUT2D eigenvalue weighted by atomic mass is 16.2. The van der Waals surface area contributed by atoms with Crippen LogP contribution in [-0.2, 0) is 4.79 Å². The lowest BCUT2D eigenvalue weighted by Gasteiger charge is -2.09. The number of carbonyl (C=O) groups excluding carboxylic acids is 2. The maximum Gasteiger partial charge on any atom is 0.178 e. The van der Waals surface area contributed by atoms with Crippen LogP contribution in [0.15, 0.2) is 42.5 Å². The summed E-state index contributed by atoms with van der Waals surface area (Å²) in [5.74, 6) is -0.743. The second kappa shape index (κ2) is 2.76. The van der Waals surface area contributed by atoms with Gasteiger partial charge in [0.1, 0.15) is 5.92 Å². The first-order chi connectivity index (χ1) is 7.29. The molecule has 0 aliphatic heterocycles. The first-order valence-electron chi connectivity index (χ1n) is 4.85. The van der Waals surface area contributed by atoms with Crippen LogP contribution in [0.5, 0.6) is 0 Å². The van der Waals surface area contributed by atoms with E-state index in [0.29, 0.717) is 5.56 Å². The van der Waals surface area contributed by atoms with Crippen LogP contribution >= 0.6 is 0 Å². The molecule has 1 aromatic carbocycles. The van der Waals surface area contributed by atoms with E-state index in [4.69, 9.17) is 0 Å². The number of hydrogen-bond donors (Lipinski definition) is 0. The molecule has 0 amide bonds. The van der Waals surface area contributed by atoms with Crippen molar-refractivity contribution in [2.45, 2.75) is 0 Å². The molecule has 0 spiro atoms. The summed E-state index contributed by atoms with van der Waals surface area (Å²) in [4.78, 5) is 23.6. The van der Waals surface area contributed by atoms with E-state index in [9.17, 15) is 9.59 Å². The Morgan fingerprint density at radius 3 is 2.53 bits per heavy atom. The predicted molar refractivity (Wildman–Crippen MR) is 56.4 cm³/mol. The number of carbonyl (C=O) groups is 2. The summed E-state index contributed by atoms with van der Waals surface area (Å²) in [6.07, 6.45) is 5.04. The molecule has 72 valence electrons. The van der Waals surface area contributed by atoms with Gasteiger partial charge < -0.3 is 0 Å². The Labute approximate surface area is 86.9 Å². The predicted octanol–water partition coefficient (Wildman–Crippen LogP) is 2.02. The van der Waals surface area contributed by atoms with Gasteiger partial charge in [-0.1, -0.05) is 36.4 Å². The lowest BCUT2D eigenvalue weighted by molar-refractivity contribution is -0.115. The number of Topliss-reactive ketones (excluding diaryl/α,β-unsaturated/α-hetero) is 1. The third-order valence-electron chi connectivity index (χ3n) is 2.90. The molecule has 2 heteroatoms. The van der Waals surface area contributed by atoms with E-state index >= 15 is 0 Å². The van der Waals surface area contributed by atoms with Gasteiger partial charge in [0.25, 0.3) is 0 Å². The fourth-order valence-electron chi connectivity index (χ4n) is 2.21. The molecule has 0 saturated heterocycles. The van der Waals surface area contributed by atoms with E-state index in [1.165, 1.54) is 6.08 Å². The largest absolute Gasteiger partial charge is 0.294 e. The van der Waals surface area contributed by atoms with Crippen LogP contribution in [0.25, 0.3) is 5.57 Å². The van der Waals surface area contributed by atoms with Gasteiger partial charge in [0, 0.05) is 5.56 Å². The molecule has 1 unspecified atom stereocenters. The monoisotopic (exact) mass is 196 g/mol. The molecule has 0 bridgehead atoms. The van der Waals surface area contributed by atoms with Crippen molar-refractivity contribution in [1.82, 2.24) is 0 Å². The number of ketones is 2. The topological polar surface area (TPSA) is 34.1 Å². The molecule has 0 aromatic heterocycles. The molecule has 15 heavy (non-hydrogen) atoms. The summed E-state index contributed by atoms with van der Waals surface area (Å²) < 4.78 is 0. The summed E-state index contributed by atoms with van der Waals surface area (Å²) in [5, 5.41) is 0. The lowest BCUT2D eigenvalue weighted by atomic mass is 9.91. The van der Waals surface area contributed by atoms with Crippen molar-refractivity contribution in [3.8, 4) is 0 Å². The summed E-state index contributed by atoms with van der Waals surface area (Å²) in [6.45, 7) is 0. The first kappa shape index (κ1) is 8.36. The highest BCUT2D eigenvalue weighted by Gasteiger charge is 2.39. The number of fused-ring (bicyclic) bond motifs is 3. The highest BCUT2D eigenvalue weighted by Crippen LogP contribution is 2.39. The minimum atomic E-state index is -0.576. The van der Waals surface area contributed by atoms with Gasteiger partial charge in [0.05, 0.1) is 0 Å². The maximum absolute atomic E-state index is 11.9. The summed E-state index contributed by atoms with van der Waals surface area (Å²) in [7, 11) is 0. The van der Waals surface area contributed by atoms with E-state index < -0.39 is 5.92 Å². The van der Waals surface area contributed by atoms with Gasteiger partial charge in [-0.2, -0.15) is 0 Å². The molecule has 2 aliphatic rings. The van der Waals surface area contributed by atoms with Gasteiger partial charge in [0.2, 0.25) is 0 Å². The van der Waals surface area contributed by atoms with Crippen LogP contribution in [0.4, 0.5) is 0 Å². The smallest absolute Gasteiger partial charge is 0.178 e. The van der Waals surface area contributed by atoms with Crippen LogP contribution in [0.1, 0.15) is 15.9 Å². The second-order valence-electron chi connectivity index (χ2n) is 3.73. The summed E-state index contributed by atoms with van der Waals surface area (Å²) in [6, 6.07) is 7.39. The number of benzene rings is 1. The van der Waals surface area contributed by atoms with Crippen LogP contribution in [0.3, 0.4) is 0 Å². The molecule has 1 atom stereocenters. The Morgan fingerprint density at radius 1 is 1.00 bits per heavy atom. The molecule has 0 saturated carbocycles. The molecule has 3 rings (SSSR count). The standard InChI is InChI=1S/C13H8O2/c14-11-7-3-6-9-8-4-1-2-5-10(8)13(15)12(9)11/h1-7,12H. The first-order valence-corrected chi connectivity index (χ1v) is 4.85. The SMILES string of the molecule is O=C1C=CC=C2c3ccccc3C(=O)C12. The van der Waals surface area contributed by atoms with Gasteiger partial charge in [0.15, 0.2) is 11.6 Å². The van der Waals surface area contributed by atoms with Crippen molar-refractivity contribution in [3.63, 3.8) is 0 Å². The molecule has 2 nitrogen and oxygen atoms in total. The van der Waals surface area contributed by atoms with Crippen molar-refractivity contribution in [2.75, 3.05) is 0 Å². The van der Waals surface area contributed by atoms with E-state index in [1.54, 1.807) is 12.1 Å². The Balaban J connectivity index is 2.29. The lowest BCUT2D eigenvalue weighted by Crippen LogP contribution is -2.19. The number of hydrogen-bond acceptors (Lipinski definition) is 2. The maximum atomic E-state index is 11.9. The molecule has 1 aromatic rings. The van der Waals surface area contributed by atoms with Crippen molar-refractivity contribution < 1.29 is 9.59 Å².